The Morgan fingerprint density at radius 2 is 1.38 bits per heavy atom. The Morgan fingerprint density at radius 3 is 1.69 bits per heavy atom. The first-order valence-corrected chi connectivity index (χ1v) is 9.49. The molecule has 76 valence electrons. The van der Waals surface area contributed by atoms with Gasteiger partial charge in [0.25, 0.3) is 0 Å². The first-order valence-electron chi connectivity index (χ1n) is 3.47. The molecule has 0 amide bonds. The third-order valence-electron chi connectivity index (χ3n) is 0.895. The van der Waals surface area contributed by atoms with Crippen molar-refractivity contribution in [3.63, 3.8) is 0 Å². The monoisotopic (exact) mass is 290 g/mol. The van der Waals surface area contributed by atoms with Gasteiger partial charge >= 0.3 is 89.2 Å². The first-order chi connectivity index (χ1) is 6.13. The van der Waals surface area contributed by atoms with Crippen LogP contribution in [-0.2, 0) is 9.59 Å². The zero-order valence-corrected chi connectivity index (χ0v) is 10.1. The summed E-state index contributed by atoms with van der Waals surface area (Å²) in [4.78, 5) is 20.2. The van der Waals surface area contributed by atoms with Gasteiger partial charge in [-0.15, -0.1) is 0 Å². The Labute approximate surface area is 89.1 Å². The summed E-state index contributed by atoms with van der Waals surface area (Å²) in [5, 5.41) is 16.6. The van der Waals surface area contributed by atoms with Crippen LogP contribution in [0.1, 0.15) is 12.8 Å². The van der Waals surface area contributed by atoms with Crippen LogP contribution < -0.4 is 0 Å². The third-order valence-corrected chi connectivity index (χ3v) is 8.14. The fourth-order valence-electron chi connectivity index (χ4n) is 0.360. The minimum absolute atomic E-state index is 0.186. The Bertz CT molecular complexity index is 158. The molecule has 0 aliphatic carbocycles. The first kappa shape index (κ1) is 13.2. The van der Waals surface area contributed by atoms with Crippen LogP contribution in [0.25, 0.3) is 0 Å². The second kappa shape index (κ2) is 8.74. The van der Waals surface area contributed by atoms with Gasteiger partial charge in [-0.3, -0.25) is 0 Å². The van der Waals surface area contributed by atoms with E-state index < -0.39 is 11.9 Å². The summed E-state index contributed by atoms with van der Waals surface area (Å²) in [6, 6.07) is 0. The van der Waals surface area contributed by atoms with Crippen LogP contribution in [0.2, 0.25) is 0 Å². The van der Waals surface area contributed by atoms with Gasteiger partial charge in [0.2, 0.25) is 0 Å². The van der Waals surface area contributed by atoms with Gasteiger partial charge in [0.05, 0.1) is 0 Å². The Balaban J connectivity index is 3.00. The van der Waals surface area contributed by atoms with Gasteiger partial charge in [0, 0.05) is 0 Å². The molecule has 0 saturated heterocycles. The molecule has 7 heteroatoms. The summed E-state index contributed by atoms with van der Waals surface area (Å²) in [7, 11) is 3.17. The van der Waals surface area contributed by atoms with E-state index in [2.05, 4.69) is 0 Å². The molecule has 0 aliphatic rings. The molecule has 0 atom stereocenters. The van der Waals surface area contributed by atoms with E-state index in [0.717, 1.165) is 0 Å². The number of carboxylic acid groups (broad SMARTS) is 2. The number of carbonyl (C=O) groups is 2. The van der Waals surface area contributed by atoms with Crippen molar-refractivity contribution in [2.45, 2.75) is 12.8 Å². The number of carboxylic acids is 2. The van der Waals surface area contributed by atoms with Gasteiger partial charge in [-0.05, 0) is 0 Å². The van der Waals surface area contributed by atoms with Crippen molar-refractivity contribution < 1.29 is 19.8 Å². The van der Waals surface area contributed by atoms with E-state index in [4.69, 9.17) is 10.2 Å². The van der Waals surface area contributed by atoms with E-state index in [1.54, 1.807) is 20.4 Å². The Hall–Kier alpha value is 0.159. The van der Waals surface area contributed by atoms with E-state index in [-0.39, 0.29) is 25.6 Å². The quantitative estimate of drug-likeness (QED) is 0.511. The molecule has 0 radical (unpaired) electrons. The Kier molecular flexibility index (Phi) is 8.85. The predicted octanol–water partition coefficient (Wildman–Crippen LogP) is 0.936. The van der Waals surface area contributed by atoms with Crippen LogP contribution in [0.15, 0.2) is 0 Å². The van der Waals surface area contributed by atoms with E-state index in [9.17, 15) is 9.59 Å². The molecule has 0 saturated carbocycles. The molecule has 0 aromatic carbocycles. The molecule has 13 heavy (non-hydrogen) atoms. The van der Waals surface area contributed by atoms with Crippen LogP contribution in [-0.4, -0.2) is 46.4 Å². The molecule has 0 bridgehead atoms. The molecule has 0 spiro atoms. The Morgan fingerprint density at radius 1 is 1.00 bits per heavy atom. The zero-order chi connectivity index (χ0) is 10.1. The van der Waals surface area contributed by atoms with Crippen LogP contribution in [0.3, 0.4) is 0 Å². The SMILES string of the molecule is O=C(O)CCS[Se]SCCC(=O)O. The topological polar surface area (TPSA) is 74.6 Å². The van der Waals surface area contributed by atoms with Gasteiger partial charge in [-0.25, -0.2) is 0 Å². The number of hydrogen-bond donors (Lipinski definition) is 2. The van der Waals surface area contributed by atoms with E-state index >= 15 is 0 Å². The average Bonchev–Trinajstić information content (AvgIpc) is 2.01. The molecular weight excluding hydrogens is 279 g/mol. The maximum absolute atomic E-state index is 10.1. The van der Waals surface area contributed by atoms with Crippen molar-refractivity contribution in [1.82, 2.24) is 0 Å². The van der Waals surface area contributed by atoms with Crippen molar-refractivity contribution in [2.24, 2.45) is 0 Å². The van der Waals surface area contributed by atoms with Crippen LogP contribution in [0.5, 0.6) is 0 Å². The number of hydrogen-bond acceptors (Lipinski definition) is 4. The summed E-state index contributed by atoms with van der Waals surface area (Å²) in [5.74, 6) is -0.317. The second-order valence-electron chi connectivity index (χ2n) is 2.00. The average molecular weight is 289 g/mol. The molecule has 0 aromatic heterocycles. The van der Waals surface area contributed by atoms with Crippen molar-refractivity contribution in [2.75, 3.05) is 11.5 Å². The second-order valence-corrected chi connectivity index (χ2v) is 9.37. The van der Waals surface area contributed by atoms with Crippen LogP contribution >= 0.6 is 20.4 Å². The molecule has 0 unspecified atom stereocenters. The standard InChI is InChI=1S/C6H10O4S2Se/c7-5(8)1-3-11-13-12-4-2-6(9)10/h1-4H2,(H,7,8)(H,9,10). The zero-order valence-electron chi connectivity index (χ0n) is 6.76. The summed E-state index contributed by atoms with van der Waals surface area (Å²) < 4.78 is 0. The van der Waals surface area contributed by atoms with Crippen molar-refractivity contribution in [3.05, 3.63) is 0 Å². The van der Waals surface area contributed by atoms with Crippen molar-refractivity contribution >= 4 is 45.0 Å². The summed E-state index contributed by atoms with van der Waals surface area (Å²) in [6.45, 7) is 0. The van der Waals surface area contributed by atoms with Crippen LogP contribution in [0, 0.1) is 0 Å². The van der Waals surface area contributed by atoms with Crippen molar-refractivity contribution in [1.29, 1.82) is 0 Å². The normalized spacial score (nSPS) is 9.85. The van der Waals surface area contributed by atoms with Crippen molar-refractivity contribution in [3.8, 4) is 0 Å². The molecule has 0 aliphatic heterocycles. The van der Waals surface area contributed by atoms with E-state index in [0.29, 0.717) is 11.5 Å². The molecule has 0 fully saturated rings. The maximum atomic E-state index is 10.1. The van der Waals surface area contributed by atoms with Gasteiger partial charge in [-0.1, -0.05) is 0 Å². The molecule has 0 heterocycles. The van der Waals surface area contributed by atoms with E-state index in [1.165, 1.54) is 0 Å². The van der Waals surface area contributed by atoms with Gasteiger partial charge in [0.1, 0.15) is 0 Å². The van der Waals surface area contributed by atoms with Crippen LogP contribution in [0.4, 0.5) is 0 Å². The van der Waals surface area contributed by atoms with E-state index in [1.807, 2.05) is 0 Å². The summed E-state index contributed by atoms with van der Waals surface area (Å²) in [5.41, 5.74) is 0. The summed E-state index contributed by atoms with van der Waals surface area (Å²) >= 11 is 0.255. The molecule has 2 N–H and O–H groups in total. The van der Waals surface area contributed by atoms with Gasteiger partial charge in [0.15, 0.2) is 0 Å². The molecule has 4 nitrogen and oxygen atoms in total. The van der Waals surface area contributed by atoms with Gasteiger partial charge in [-0.2, -0.15) is 0 Å². The fourth-order valence-corrected chi connectivity index (χ4v) is 6.60. The fraction of sp³-hybridized carbons (Fsp3) is 0.667. The third kappa shape index (κ3) is 12.2. The molecule has 0 rings (SSSR count). The van der Waals surface area contributed by atoms with Gasteiger partial charge < -0.3 is 0 Å². The summed E-state index contributed by atoms with van der Waals surface area (Å²) in [6.07, 6.45) is 0.373. The number of rotatable bonds is 8. The molecule has 0 aromatic rings. The minimum atomic E-state index is -0.779. The molecular formula is C6H10O4S2Se. The number of aliphatic carboxylic acids is 2. The predicted molar refractivity (Wildman–Crippen MR) is 55.2 cm³/mol.